The van der Waals surface area contributed by atoms with Crippen LogP contribution in [0.2, 0.25) is 0 Å². The maximum atomic E-state index is 14.5. The molecule has 5 rings (SSSR count). The van der Waals surface area contributed by atoms with E-state index in [1.165, 1.54) is 16.9 Å². The number of nitrogens with one attached hydrogen (secondary N) is 1. The highest BCUT2D eigenvalue weighted by molar-refractivity contribution is 6.04. The summed E-state index contributed by atoms with van der Waals surface area (Å²) >= 11 is 0. The first-order valence-corrected chi connectivity index (χ1v) is 16.5. The lowest BCUT2D eigenvalue weighted by molar-refractivity contribution is -0.163. The minimum absolute atomic E-state index is 0.0505. The van der Waals surface area contributed by atoms with E-state index in [1.54, 1.807) is 67.8 Å². The monoisotopic (exact) mass is 675 g/mol. The number of anilines is 1. The van der Waals surface area contributed by atoms with Crippen LogP contribution in [0.3, 0.4) is 0 Å². The zero-order chi connectivity index (χ0) is 35.1. The Kier molecular flexibility index (Phi) is 11.5. The summed E-state index contributed by atoms with van der Waals surface area (Å²) in [6.45, 7) is 7.20. The molecule has 3 saturated heterocycles. The van der Waals surface area contributed by atoms with E-state index in [9.17, 15) is 24.3 Å². The largest absolute Gasteiger partial charge is 0.497 e. The van der Waals surface area contributed by atoms with Crippen LogP contribution >= 0.6 is 0 Å². The third-order valence-corrected chi connectivity index (χ3v) is 9.61. The Balaban J connectivity index is 1.47. The lowest BCUT2D eigenvalue weighted by atomic mass is 9.70. The predicted molar refractivity (Wildman–Crippen MR) is 180 cm³/mol. The molecule has 0 aromatic heterocycles. The molecule has 1 spiro atoms. The molecule has 3 amide bonds. The summed E-state index contributed by atoms with van der Waals surface area (Å²) in [7, 11) is 3.04. The Hall–Kier alpha value is -4.52. The highest BCUT2D eigenvalue weighted by atomic mass is 16.6. The van der Waals surface area contributed by atoms with Gasteiger partial charge >= 0.3 is 5.97 Å². The first-order valence-electron chi connectivity index (χ1n) is 16.5. The highest BCUT2D eigenvalue weighted by Crippen LogP contribution is 2.59. The normalized spacial score (nSPS) is 24.9. The second-order valence-electron chi connectivity index (χ2n) is 12.5. The van der Waals surface area contributed by atoms with Crippen molar-refractivity contribution in [1.82, 2.24) is 10.2 Å². The lowest BCUT2D eigenvalue weighted by Gasteiger charge is -2.36. The molecule has 3 heterocycles. The van der Waals surface area contributed by atoms with Crippen molar-refractivity contribution in [2.75, 3.05) is 45.4 Å². The molecular weight excluding hydrogens is 630 g/mol. The van der Waals surface area contributed by atoms with E-state index in [4.69, 9.17) is 18.9 Å². The van der Waals surface area contributed by atoms with Crippen molar-refractivity contribution in [3.8, 4) is 5.75 Å². The SMILES string of the molecule is C=CCCC(=O)N[C@@H](COC)[C@@H](OC(=O)[C@@H]1[C@H]2C(=O)N(CCO)[C@H](C(=O)N(CC=C)c3ccc(OC)cc3)[C@]23CC[C@H]1O3)c1ccccc1. The van der Waals surface area contributed by atoms with Gasteiger partial charge in [-0.25, -0.2) is 0 Å². The molecule has 49 heavy (non-hydrogen) atoms. The molecule has 3 aliphatic rings. The van der Waals surface area contributed by atoms with E-state index < -0.39 is 59.5 Å². The summed E-state index contributed by atoms with van der Waals surface area (Å²) in [4.78, 5) is 58.8. The van der Waals surface area contributed by atoms with E-state index in [2.05, 4.69) is 18.5 Å². The topological polar surface area (TPSA) is 144 Å². The summed E-state index contributed by atoms with van der Waals surface area (Å²) in [5.41, 5.74) is -0.111. The van der Waals surface area contributed by atoms with Gasteiger partial charge in [-0.3, -0.25) is 19.2 Å². The average Bonchev–Trinajstić information content (AvgIpc) is 3.76. The Morgan fingerprint density at radius 2 is 1.86 bits per heavy atom. The van der Waals surface area contributed by atoms with E-state index in [-0.39, 0.29) is 38.6 Å². The predicted octanol–water partition coefficient (Wildman–Crippen LogP) is 2.96. The molecule has 3 aliphatic heterocycles. The fraction of sp³-hybridized carbons (Fsp3) is 0.459. The van der Waals surface area contributed by atoms with Gasteiger partial charge in [0.1, 0.15) is 23.5 Å². The number of fused-ring (bicyclic) bond motifs is 1. The van der Waals surface area contributed by atoms with Crippen LogP contribution in [0, 0.1) is 11.8 Å². The maximum absolute atomic E-state index is 14.5. The van der Waals surface area contributed by atoms with Gasteiger partial charge in [0.15, 0.2) is 0 Å². The Morgan fingerprint density at radius 3 is 2.49 bits per heavy atom. The van der Waals surface area contributed by atoms with Crippen LogP contribution in [0.4, 0.5) is 5.69 Å². The maximum Gasteiger partial charge on any atom is 0.313 e. The molecule has 7 atom stereocenters. The van der Waals surface area contributed by atoms with E-state index in [0.29, 0.717) is 36.3 Å². The third kappa shape index (κ3) is 6.99. The number of carbonyl (C=O) groups is 4. The summed E-state index contributed by atoms with van der Waals surface area (Å²) < 4.78 is 23.5. The number of benzene rings is 2. The molecule has 0 unspecified atom stereocenters. The fourth-order valence-corrected chi connectivity index (χ4v) is 7.54. The highest BCUT2D eigenvalue weighted by Gasteiger charge is 2.75. The quantitative estimate of drug-likeness (QED) is 0.191. The van der Waals surface area contributed by atoms with Gasteiger partial charge < -0.3 is 39.2 Å². The zero-order valence-corrected chi connectivity index (χ0v) is 28.0. The van der Waals surface area contributed by atoms with Crippen LogP contribution in [-0.4, -0.2) is 98.0 Å². The molecule has 2 bridgehead atoms. The van der Waals surface area contributed by atoms with Crippen molar-refractivity contribution < 1.29 is 43.2 Å². The van der Waals surface area contributed by atoms with E-state index >= 15 is 0 Å². The number of β-amino-alcohol motifs (C(OH)–C–C–N with tert-alkyl or cyclic N) is 1. The summed E-state index contributed by atoms with van der Waals surface area (Å²) in [6.07, 6.45) is 3.10. The fourth-order valence-electron chi connectivity index (χ4n) is 7.54. The van der Waals surface area contributed by atoms with Gasteiger partial charge in [-0.1, -0.05) is 42.5 Å². The van der Waals surface area contributed by atoms with Crippen molar-refractivity contribution >= 4 is 29.4 Å². The van der Waals surface area contributed by atoms with Crippen LogP contribution in [0.15, 0.2) is 79.9 Å². The summed E-state index contributed by atoms with van der Waals surface area (Å²) in [5.74, 6) is -3.20. The second kappa shape index (κ2) is 15.8. The smallest absolute Gasteiger partial charge is 0.313 e. The lowest BCUT2D eigenvalue weighted by Crippen LogP contribution is -2.56. The number of rotatable bonds is 17. The van der Waals surface area contributed by atoms with Crippen LogP contribution in [0.25, 0.3) is 0 Å². The number of amides is 3. The number of ether oxygens (including phenoxy) is 4. The molecule has 2 aromatic rings. The van der Waals surface area contributed by atoms with Crippen LogP contribution in [0.5, 0.6) is 5.75 Å². The van der Waals surface area contributed by atoms with Gasteiger partial charge in [-0.2, -0.15) is 0 Å². The van der Waals surface area contributed by atoms with Gasteiger partial charge in [0.25, 0.3) is 5.91 Å². The number of aliphatic hydroxyl groups is 1. The van der Waals surface area contributed by atoms with Gasteiger partial charge in [0.05, 0.1) is 44.3 Å². The van der Waals surface area contributed by atoms with Crippen molar-refractivity contribution in [1.29, 1.82) is 0 Å². The van der Waals surface area contributed by atoms with Crippen LogP contribution < -0.4 is 15.0 Å². The van der Waals surface area contributed by atoms with Gasteiger partial charge in [-0.05, 0) is 49.1 Å². The van der Waals surface area contributed by atoms with Gasteiger partial charge in [0, 0.05) is 32.3 Å². The molecule has 0 radical (unpaired) electrons. The van der Waals surface area contributed by atoms with Crippen molar-refractivity contribution in [3.63, 3.8) is 0 Å². The molecule has 2 aromatic carbocycles. The average molecular weight is 676 g/mol. The van der Waals surface area contributed by atoms with Gasteiger partial charge in [0.2, 0.25) is 11.8 Å². The summed E-state index contributed by atoms with van der Waals surface area (Å²) in [5, 5.41) is 13.0. The number of methoxy groups -OCH3 is 2. The molecule has 0 saturated carbocycles. The molecular formula is C37H45N3O9. The summed E-state index contributed by atoms with van der Waals surface area (Å²) in [6, 6.07) is 14.1. The standard InChI is InChI=1S/C37H45N3O9/c1-5-7-13-29(42)38-27(23-46-3)32(24-11-9-8-10-12-24)48-36(45)30-28-18-19-37(49-28)31(30)34(43)40(21-22-41)33(37)35(44)39(20-6-2)25-14-16-26(47-4)17-15-25/h5-6,8-12,14-17,27-28,30-33,41H,1-2,7,13,18-23H2,3-4H3,(H,38,42)/t27-,28+,30-,31-,32-,33+,37-/m0/s1. The number of hydrogen-bond acceptors (Lipinski definition) is 9. The van der Waals surface area contributed by atoms with E-state index in [0.717, 1.165) is 0 Å². The zero-order valence-electron chi connectivity index (χ0n) is 28.0. The van der Waals surface area contributed by atoms with Crippen molar-refractivity contribution in [2.24, 2.45) is 11.8 Å². The molecule has 12 heteroatoms. The number of hydrogen-bond donors (Lipinski definition) is 2. The number of aliphatic hydroxyl groups excluding tert-OH is 1. The van der Waals surface area contributed by atoms with Gasteiger partial charge in [-0.15, -0.1) is 13.2 Å². The Morgan fingerprint density at radius 1 is 1.12 bits per heavy atom. The second-order valence-corrected chi connectivity index (χ2v) is 12.5. The van der Waals surface area contributed by atoms with E-state index in [1.807, 2.05) is 6.07 Å². The number of allylic oxidation sites excluding steroid dienone is 1. The molecule has 2 N–H and O–H groups in total. The number of carbonyl (C=O) groups excluding carboxylic acids is 4. The molecule has 262 valence electrons. The number of likely N-dealkylation sites (tertiary alicyclic amines) is 1. The third-order valence-electron chi connectivity index (χ3n) is 9.61. The first kappa shape index (κ1) is 35.8. The number of esters is 1. The minimum Gasteiger partial charge on any atom is -0.497 e. The number of nitrogens with zero attached hydrogens (tertiary/aromatic N) is 2. The van der Waals surface area contributed by atoms with Crippen molar-refractivity contribution in [3.05, 3.63) is 85.5 Å². The first-order chi connectivity index (χ1) is 23.7. The minimum atomic E-state index is -1.31. The molecule has 12 nitrogen and oxygen atoms in total. The van der Waals surface area contributed by atoms with Crippen LogP contribution in [0.1, 0.15) is 37.4 Å². The Bertz CT molecular complexity index is 1520. The van der Waals surface area contributed by atoms with Crippen molar-refractivity contribution in [2.45, 2.75) is 55.6 Å². The Labute approximate surface area is 286 Å². The molecule has 0 aliphatic carbocycles. The van der Waals surface area contributed by atoms with Crippen LogP contribution in [-0.2, 0) is 33.4 Å². The molecule has 3 fully saturated rings.